The Morgan fingerprint density at radius 3 is 1.82 bits per heavy atom. The molecular formula is C28H26N4O. The lowest BCUT2D eigenvalue weighted by Crippen LogP contribution is -2.49. The lowest BCUT2D eigenvalue weighted by atomic mass is 10.1. The number of aromatic nitrogens is 2. The van der Waals surface area contributed by atoms with E-state index in [1.54, 1.807) is 4.90 Å². The van der Waals surface area contributed by atoms with Crippen molar-refractivity contribution in [3.05, 3.63) is 132 Å². The summed E-state index contributed by atoms with van der Waals surface area (Å²) < 4.78 is 2.14. The number of hydrogen-bond acceptors (Lipinski definition) is 2. The molecule has 0 bridgehead atoms. The van der Waals surface area contributed by atoms with Gasteiger partial charge >= 0.3 is 6.03 Å². The van der Waals surface area contributed by atoms with E-state index >= 15 is 0 Å². The third-order valence-corrected chi connectivity index (χ3v) is 6.00. The van der Waals surface area contributed by atoms with Gasteiger partial charge in [0, 0.05) is 13.1 Å². The van der Waals surface area contributed by atoms with E-state index in [4.69, 9.17) is 4.98 Å². The molecule has 4 aromatic rings. The molecule has 3 aromatic carbocycles. The molecule has 2 heterocycles. The zero-order valence-corrected chi connectivity index (χ0v) is 18.4. The highest BCUT2D eigenvalue weighted by atomic mass is 16.2. The molecule has 1 aliphatic heterocycles. The molecule has 33 heavy (non-hydrogen) atoms. The Morgan fingerprint density at radius 2 is 1.27 bits per heavy atom. The number of rotatable bonds is 7. The first kappa shape index (κ1) is 20.8. The van der Waals surface area contributed by atoms with Crippen molar-refractivity contribution in [1.82, 2.24) is 14.5 Å². The Balaban J connectivity index is 1.57. The van der Waals surface area contributed by atoms with Crippen molar-refractivity contribution in [1.29, 1.82) is 0 Å². The Kier molecular flexibility index (Phi) is 5.77. The van der Waals surface area contributed by atoms with Gasteiger partial charge in [0.05, 0.1) is 24.6 Å². The number of urea groups is 1. The SMILES string of the molecule is C=CC1c2c(ncn2Cc2ccccc2)N(Cc2ccccc2)C(=O)N1Cc1ccccc1. The molecule has 2 amide bonds. The Bertz CT molecular complexity index is 1230. The average molecular weight is 435 g/mol. The molecule has 0 saturated heterocycles. The van der Waals surface area contributed by atoms with Gasteiger partial charge in [-0.1, -0.05) is 97.1 Å². The summed E-state index contributed by atoms with van der Waals surface area (Å²) >= 11 is 0. The summed E-state index contributed by atoms with van der Waals surface area (Å²) in [5.74, 6) is 0.703. The van der Waals surface area contributed by atoms with E-state index in [-0.39, 0.29) is 12.1 Å². The van der Waals surface area contributed by atoms with Gasteiger partial charge in [-0.2, -0.15) is 0 Å². The fraction of sp³-hybridized carbons (Fsp3) is 0.143. The summed E-state index contributed by atoms with van der Waals surface area (Å²) in [5.41, 5.74) is 4.31. The van der Waals surface area contributed by atoms with Crippen LogP contribution in [0.4, 0.5) is 10.6 Å². The van der Waals surface area contributed by atoms with Crippen LogP contribution in [0.25, 0.3) is 0 Å². The summed E-state index contributed by atoms with van der Waals surface area (Å²) in [7, 11) is 0. The first-order valence-corrected chi connectivity index (χ1v) is 11.1. The molecule has 0 saturated carbocycles. The van der Waals surface area contributed by atoms with E-state index < -0.39 is 0 Å². The molecule has 1 atom stereocenters. The van der Waals surface area contributed by atoms with Crippen LogP contribution < -0.4 is 4.90 Å². The predicted octanol–water partition coefficient (Wildman–Crippen LogP) is 5.80. The Labute approximate surface area is 194 Å². The first-order chi connectivity index (χ1) is 16.2. The topological polar surface area (TPSA) is 41.4 Å². The molecule has 0 spiro atoms. The van der Waals surface area contributed by atoms with E-state index in [2.05, 4.69) is 23.3 Å². The molecule has 5 rings (SSSR count). The van der Waals surface area contributed by atoms with Crippen molar-refractivity contribution in [2.24, 2.45) is 0 Å². The van der Waals surface area contributed by atoms with E-state index in [0.29, 0.717) is 25.5 Å². The number of carbonyl (C=O) groups excluding carboxylic acids is 1. The summed E-state index contributed by atoms with van der Waals surface area (Å²) in [5, 5.41) is 0. The van der Waals surface area contributed by atoms with Crippen LogP contribution >= 0.6 is 0 Å². The molecule has 0 radical (unpaired) electrons. The first-order valence-electron chi connectivity index (χ1n) is 11.1. The van der Waals surface area contributed by atoms with Crippen molar-refractivity contribution in [2.75, 3.05) is 4.90 Å². The van der Waals surface area contributed by atoms with E-state index in [0.717, 1.165) is 16.8 Å². The van der Waals surface area contributed by atoms with Gasteiger partial charge in [-0.25, -0.2) is 9.78 Å². The van der Waals surface area contributed by atoms with Crippen LogP contribution in [-0.4, -0.2) is 20.5 Å². The minimum Gasteiger partial charge on any atom is -0.326 e. The van der Waals surface area contributed by atoms with Crippen LogP contribution in [0.1, 0.15) is 28.4 Å². The van der Waals surface area contributed by atoms with Gasteiger partial charge < -0.3 is 9.47 Å². The lowest BCUT2D eigenvalue weighted by molar-refractivity contribution is 0.182. The molecule has 5 heteroatoms. The van der Waals surface area contributed by atoms with Crippen molar-refractivity contribution in [2.45, 2.75) is 25.7 Å². The van der Waals surface area contributed by atoms with Crippen LogP contribution in [-0.2, 0) is 19.6 Å². The van der Waals surface area contributed by atoms with Gasteiger partial charge in [0.2, 0.25) is 0 Å². The standard InChI is InChI=1S/C28H26N4O/c1-2-25-26-27(29-21-30(26)18-22-12-6-3-7-13-22)32(20-24-16-10-5-11-17-24)28(33)31(25)19-23-14-8-4-9-15-23/h2-17,21,25H,1,18-20H2. The summed E-state index contributed by atoms with van der Waals surface area (Å²) in [6, 6.07) is 30.1. The Morgan fingerprint density at radius 1 is 0.758 bits per heavy atom. The predicted molar refractivity (Wildman–Crippen MR) is 131 cm³/mol. The molecule has 0 aliphatic carbocycles. The number of amides is 2. The van der Waals surface area contributed by atoms with Gasteiger partial charge in [0.25, 0.3) is 0 Å². The van der Waals surface area contributed by atoms with Gasteiger partial charge in [0.15, 0.2) is 5.82 Å². The highest BCUT2D eigenvalue weighted by Gasteiger charge is 2.39. The number of nitrogens with zero attached hydrogens (tertiary/aromatic N) is 4. The third kappa shape index (κ3) is 4.17. The number of benzene rings is 3. The molecule has 164 valence electrons. The van der Waals surface area contributed by atoms with Crippen LogP contribution in [0, 0.1) is 0 Å². The molecule has 5 nitrogen and oxygen atoms in total. The maximum Gasteiger partial charge on any atom is 0.327 e. The zero-order chi connectivity index (χ0) is 22.6. The van der Waals surface area contributed by atoms with Gasteiger partial charge in [-0.05, 0) is 16.7 Å². The normalized spacial score (nSPS) is 15.4. The molecular weight excluding hydrogens is 408 g/mol. The summed E-state index contributed by atoms with van der Waals surface area (Å²) in [6.45, 7) is 5.73. The fourth-order valence-corrected chi connectivity index (χ4v) is 4.40. The second-order valence-corrected chi connectivity index (χ2v) is 8.22. The summed E-state index contributed by atoms with van der Waals surface area (Å²) in [4.78, 5) is 22.2. The monoisotopic (exact) mass is 434 g/mol. The maximum absolute atomic E-state index is 13.8. The van der Waals surface area contributed by atoms with Gasteiger partial charge in [-0.3, -0.25) is 4.90 Å². The second-order valence-electron chi connectivity index (χ2n) is 8.22. The number of carbonyl (C=O) groups is 1. The highest BCUT2D eigenvalue weighted by Crippen LogP contribution is 2.38. The lowest BCUT2D eigenvalue weighted by Gasteiger charge is -2.40. The molecule has 1 aromatic heterocycles. The van der Waals surface area contributed by atoms with E-state index in [1.807, 2.05) is 96.2 Å². The van der Waals surface area contributed by atoms with Crippen molar-refractivity contribution in [3.8, 4) is 0 Å². The van der Waals surface area contributed by atoms with Gasteiger partial charge in [0.1, 0.15) is 0 Å². The van der Waals surface area contributed by atoms with Crippen molar-refractivity contribution >= 4 is 11.8 Å². The molecule has 0 fully saturated rings. The number of fused-ring (bicyclic) bond motifs is 1. The largest absolute Gasteiger partial charge is 0.327 e. The molecule has 1 aliphatic rings. The van der Waals surface area contributed by atoms with Crippen LogP contribution in [0.15, 0.2) is 110 Å². The number of hydrogen-bond donors (Lipinski definition) is 0. The van der Waals surface area contributed by atoms with E-state index in [9.17, 15) is 4.79 Å². The van der Waals surface area contributed by atoms with Crippen LogP contribution in [0.2, 0.25) is 0 Å². The third-order valence-electron chi connectivity index (χ3n) is 6.00. The zero-order valence-electron chi connectivity index (χ0n) is 18.4. The average Bonchev–Trinajstić information content (AvgIpc) is 3.27. The van der Waals surface area contributed by atoms with Gasteiger partial charge in [-0.15, -0.1) is 6.58 Å². The fourth-order valence-electron chi connectivity index (χ4n) is 4.40. The van der Waals surface area contributed by atoms with Crippen LogP contribution in [0.5, 0.6) is 0 Å². The van der Waals surface area contributed by atoms with Crippen LogP contribution in [0.3, 0.4) is 0 Å². The Hall–Kier alpha value is -4.12. The quantitative estimate of drug-likeness (QED) is 0.345. The molecule has 0 N–H and O–H groups in total. The maximum atomic E-state index is 13.8. The smallest absolute Gasteiger partial charge is 0.326 e. The van der Waals surface area contributed by atoms with Crippen molar-refractivity contribution < 1.29 is 4.79 Å². The number of anilines is 1. The minimum atomic E-state index is -0.272. The molecule has 1 unspecified atom stereocenters. The second kappa shape index (κ2) is 9.17. The minimum absolute atomic E-state index is 0.0648. The summed E-state index contributed by atoms with van der Waals surface area (Å²) in [6.07, 6.45) is 3.69. The number of imidazole rings is 1. The highest BCUT2D eigenvalue weighted by molar-refractivity contribution is 5.94. The van der Waals surface area contributed by atoms with Crippen molar-refractivity contribution in [3.63, 3.8) is 0 Å². The van der Waals surface area contributed by atoms with E-state index in [1.165, 1.54) is 5.56 Å².